The molecule has 0 bridgehead atoms. The van der Waals surface area contributed by atoms with Crippen LogP contribution in [0.5, 0.6) is 0 Å². The third-order valence-electron chi connectivity index (χ3n) is 12.8. The second kappa shape index (κ2) is 12.0. The van der Waals surface area contributed by atoms with Gasteiger partial charge < -0.3 is 14.4 Å². The van der Waals surface area contributed by atoms with Gasteiger partial charge >= 0.3 is 6.09 Å². The van der Waals surface area contributed by atoms with Crippen molar-refractivity contribution < 1.29 is 23.9 Å². The highest BCUT2D eigenvalue weighted by Crippen LogP contribution is 2.69. The molecule has 7 nitrogen and oxygen atoms in total. The summed E-state index contributed by atoms with van der Waals surface area (Å²) in [6, 6.07) is 2.18. The zero-order valence-corrected chi connectivity index (χ0v) is 28.9. The Morgan fingerprint density at radius 2 is 1.75 bits per heavy atom. The van der Waals surface area contributed by atoms with Crippen molar-refractivity contribution in [2.75, 3.05) is 32.9 Å². The van der Waals surface area contributed by atoms with Crippen LogP contribution in [0.15, 0.2) is 23.3 Å². The summed E-state index contributed by atoms with van der Waals surface area (Å²) in [7, 11) is 0. The number of rotatable bonds is 9. The summed E-state index contributed by atoms with van der Waals surface area (Å²) in [5.41, 5.74) is -0.569. The first-order chi connectivity index (χ1) is 20.4. The number of carbonyl (C=O) groups excluding carboxylic acids is 3. The van der Waals surface area contributed by atoms with Crippen molar-refractivity contribution in [3.05, 3.63) is 23.3 Å². The van der Waals surface area contributed by atoms with Crippen LogP contribution in [-0.4, -0.2) is 55.5 Å². The van der Waals surface area contributed by atoms with Crippen LogP contribution in [0.3, 0.4) is 0 Å². The van der Waals surface area contributed by atoms with Crippen LogP contribution in [0, 0.1) is 49.7 Å². The molecule has 0 unspecified atom stereocenters. The Balaban J connectivity index is 1.62. The molecule has 0 N–H and O–H groups in total. The number of fused-ring (bicyclic) bond motifs is 3. The number of Topliss-reactive ketones (excluding diaryl/α,β-unsaturated/α-hetero) is 1. The van der Waals surface area contributed by atoms with Crippen LogP contribution >= 0.6 is 0 Å². The predicted molar refractivity (Wildman–Crippen MR) is 172 cm³/mol. The van der Waals surface area contributed by atoms with Gasteiger partial charge in [-0.15, -0.1) is 0 Å². The van der Waals surface area contributed by atoms with E-state index in [9.17, 15) is 19.6 Å². The Kier molecular flexibility index (Phi) is 9.42. The van der Waals surface area contributed by atoms with Gasteiger partial charge in [0.25, 0.3) is 0 Å². The molecule has 244 valence electrons. The lowest BCUT2D eigenvalue weighted by Gasteiger charge is -2.63. The zero-order valence-electron chi connectivity index (χ0n) is 28.9. The minimum Gasteiger partial charge on any atom is -0.449 e. The van der Waals surface area contributed by atoms with Crippen LogP contribution in [0.4, 0.5) is 4.79 Å². The van der Waals surface area contributed by atoms with Crippen LogP contribution in [0.2, 0.25) is 0 Å². The van der Waals surface area contributed by atoms with E-state index in [-0.39, 0.29) is 50.8 Å². The Bertz CT molecular complexity index is 1270. The van der Waals surface area contributed by atoms with Crippen molar-refractivity contribution >= 4 is 17.7 Å². The van der Waals surface area contributed by atoms with E-state index in [4.69, 9.17) is 9.47 Å². The van der Waals surface area contributed by atoms with E-state index in [1.807, 2.05) is 26.0 Å². The van der Waals surface area contributed by atoms with E-state index in [1.54, 1.807) is 4.90 Å². The van der Waals surface area contributed by atoms with Gasteiger partial charge in [0, 0.05) is 35.8 Å². The molecule has 44 heavy (non-hydrogen) atoms. The maximum absolute atomic E-state index is 13.6. The van der Waals surface area contributed by atoms with Crippen molar-refractivity contribution in [2.24, 2.45) is 38.4 Å². The molecule has 3 aliphatic carbocycles. The maximum Gasteiger partial charge on any atom is 0.409 e. The molecule has 5 atom stereocenters. The fraction of sp³-hybridized carbons (Fsp3) is 0.784. The van der Waals surface area contributed by atoms with Crippen molar-refractivity contribution in [1.29, 1.82) is 5.26 Å². The number of nitrogens with zero attached hydrogens (tertiary/aromatic N) is 2. The Morgan fingerprint density at radius 3 is 2.36 bits per heavy atom. The number of ether oxygens (including phenoxy) is 2. The van der Waals surface area contributed by atoms with E-state index in [0.29, 0.717) is 39.3 Å². The molecule has 0 aromatic rings. The molecule has 0 aromatic carbocycles. The van der Waals surface area contributed by atoms with Crippen LogP contribution in [0.25, 0.3) is 0 Å². The van der Waals surface area contributed by atoms with Gasteiger partial charge in [-0.05, 0) is 66.8 Å². The number of nitriles is 1. The molecule has 0 aromatic heterocycles. The lowest BCUT2D eigenvalue weighted by Crippen LogP contribution is -2.57. The quantitative estimate of drug-likeness (QED) is 0.265. The number of allylic oxidation sites excluding steroid dienone is 4. The molecule has 0 radical (unpaired) electrons. The van der Waals surface area contributed by atoms with Crippen LogP contribution in [0.1, 0.15) is 114 Å². The van der Waals surface area contributed by atoms with Gasteiger partial charge in [0.1, 0.15) is 6.07 Å². The van der Waals surface area contributed by atoms with E-state index in [1.165, 1.54) is 0 Å². The summed E-state index contributed by atoms with van der Waals surface area (Å²) in [6.07, 6.45) is 10.4. The van der Waals surface area contributed by atoms with Crippen LogP contribution in [-0.2, 0) is 19.1 Å². The van der Waals surface area contributed by atoms with Crippen LogP contribution < -0.4 is 0 Å². The molecule has 1 heterocycles. The lowest BCUT2D eigenvalue weighted by molar-refractivity contribution is -0.133. The number of ketones is 2. The first-order valence-corrected chi connectivity index (χ1v) is 16.8. The van der Waals surface area contributed by atoms with Gasteiger partial charge in [-0.1, -0.05) is 80.4 Å². The van der Waals surface area contributed by atoms with E-state index < -0.39 is 10.8 Å². The monoisotopic (exact) mass is 608 g/mol. The molecule has 4 aliphatic rings. The fourth-order valence-corrected chi connectivity index (χ4v) is 8.73. The summed E-state index contributed by atoms with van der Waals surface area (Å²) < 4.78 is 11.4. The zero-order chi connectivity index (χ0) is 32.8. The summed E-state index contributed by atoms with van der Waals surface area (Å²) in [5, 5.41) is 9.91. The van der Waals surface area contributed by atoms with Gasteiger partial charge in [-0.2, -0.15) is 5.26 Å². The molecule has 7 heteroatoms. The standard InChI is InChI=1S/C37H56N2O5/c1-10-32(2,3)13-14-34(6,25-44-31(42)39-17-19-43-20-18-39)15-16-35(7)23-27(40)21-29-36(8)22-26(24-38)30(41)33(4,5)28(36)11-12-37(29,35)9/h21-22,28H,10-20,23,25H2,1-9H3/t28-,34-,35+,36-,37+/m0/s1. The fourth-order valence-electron chi connectivity index (χ4n) is 8.73. The minimum absolute atomic E-state index is 0.0233. The summed E-state index contributed by atoms with van der Waals surface area (Å²) in [6.45, 7) is 22.2. The van der Waals surface area contributed by atoms with Crippen molar-refractivity contribution in [3.63, 3.8) is 0 Å². The van der Waals surface area contributed by atoms with E-state index in [0.717, 1.165) is 50.5 Å². The number of hydrogen-bond acceptors (Lipinski definition) is 6. The number of hydrogen-bond donors (Lipinski definition) is 0. The molecule has 1 saturated heterocycles. The van der Waals surface area contributed by atoms with Crippen molar-refractivity contribution in [1.82, 2.24) is 4.90 Å². The van der Waals surface area contributed by atoms with E-state index >= 15 is 0 Å². The van der Waals surface area contributed by atoms with E-state index in [2.05, 4.69) is 54.5 Å². The Morgan fingerprint density at radius 1 is 1.09 bits per heavy atom. The normalized spacial score (nSPS) is 33.3. The summed E-state index contributed by atoms with van der Waals surface area (Å²) >= 11 is 0. The molecule has 2 fully saturated rings. The Labute approximate surface area is 265 Å². The lowest BCUT2D eigenvalue weighted by atomic mass is 9.40. The molecule has 1 saturated carbocycles. The van der Waals surface area contributed by atoms with Gasteiger partial charge in [0.05, 0.1) is 25.4 Å². The molecule has 1 aliphatic heterocycles. The highest BCUT2D eigenvalue weighted by atomic mass is 16.6. The number of morpholine rings is 1. The number of amides is 1. The minimum atomic E-state index is -0.678. The maximum atomic E-state index is 13.6. The second-order valence-corrected chi connectivity index (χ2v) is 16.7. The molecule has 0 spiro atoms. The first-order valence-electron chi connectivity index (χ1n) is 16.8. The van der Waals surface area contributed by atoms with Crippen molar-refractivity contribution in [3.8, 4) is 6.07 Å². The molecular formula is C37H56N2O5. The SMILES string of the molecule is CCC(C)(C)CC[C@@](C)(CC[C@]1(C)CC(=O)C=C2[C@@]3(C)C=C(C#N)C(=O)C(C)(C)[C@@H]3CC[C@]21C)COC(=O)N1CCOCC1. The molecule has 4 rings (SSSR count). The average molecular weight is 609 g/mol. The second-order valence-electron chi connectivity index (χ2n) is 16.7. The third-order valence-corrected chi connectivity index (χ3v) is 12.8. The Hall–Kier alpha value is -2.46. The largest absolute Gasteiger partial charge is 0.449 e. The first kappa shape index (κ1) is 34.4. The van der Waals surface area contributed by atoms with Crippen molar-refractivity contribution in [2.45, 2.75) is 114 Å². The van der Waals surface area contributed by atoms with Gasteiger partial charge in [-0.25, -0.2) is 4.79 Å². The summed E-state index contributed by atoms with van der Waals surface area (Å²) in [4.78, 5) is 41.6. The highest BCUT2D eigenvalue weighted by Gasteiger charge is 2.63. The smallest absolute Gasteiger partial charge is 0.409 e. The predicted octanol–water partition coefficient (Wildman–Crippen LogP) is 7.85. The van der Waals surface area contributed by atoms with Gasteiger partial charge in [0.2, 0.25) is 0 Å². The summed E-state index contributed by atoms with van der Waals surface area (Å²) in [5.74, 6) is 0.0558. The average Bonchev–Trinajstić information content (AvgIpc) is 2.98. The van der Waals surface area contributed by atoms with Gasteiger partial charge in [-0.3, -0.25) is 9.59 Å². The molecule has 1 amide bonds. The topological polar surface area (TPSA) is 96.7 Å². The van der Waals surface area contributed by atoms with Gasteiger partial charge in [0.15, 0.2) is 11.6 Å². The molecular weight excluding hydrogens is 552 g/mol. The third kappa shape index (κ3) is 6.17. The number of carbonyl (C=O) groups is 3. The highest BCUT2D eigenvalue weighted by molar-refractivity contribution is 6.04.